The van der Waals surface area contributed by atoms with Crippen molar-refractivity contribution in [2.45, 2.75) is 0 Å². The van der Waals surface area contributed by atoms with E-state index in [2.05, 4.69) is 31.8 Å². The first-order chi connectivity index (χ1) is 13.3. The summed E-state index contributed by atoms with van der Waals surface area (Å²) >= 11 is 1.38. The number of rotatable bonds is 5. The zero-order chi connectivity index (χ0) is 18.5. The van der Waals surface area contributed by atoms with Crippen molar-refractivity contribution in [3.05, 3.63) is 58.8 Å². The highest BCUT2D eigenvalue weighted by atomic mass is 32.1. The molecule has 138 valence electrons. The van der Waals surface area contributed by atoms with Crippen molar-refractivity contribution >= 4 is 40.3 Å². The molecule has 2 N–H and O–H groups in total. The van der Waals surface area contributed by atoms with Crippen molar-refractivity contribution < 1.29 is 9.53 Å². The zero-order valence-corrected chi connectivity index (χ0v) is 15.4. The second-order valence-electron chi connectivity index (χ2n) is 5.98. The molecule has 1 fully saturated rings. The molecular weight excluding hydrogens is 362 g/mol. The summed E-state index contributed by atoms with van der Waals surface area (Å²) in [4.78, 5) is 15.0. The largest absolute Gasteiger partial charge is 0.378 e. The summed E-state index contributed by atoms with van der Waals surface area (Å²) in [6.45, 7) is 3.18. The maximum absolute atomic E-state index is 12.1. The Labute approximate surface area is 161 Å². The molecular formula is C19H19N5O2S. The Balaban J connectivity index is 1.45. The standard InChI is InChI=1S/C19H19N5O2S/c25-19(16-6-3-13-27-16)21-18-8-7-17(22-23-18)20-14-4-1-2-5-15(14)24-9-11-26-12-10-24/h1-8,13H,9-12H2,(H,20,22)(H,21,23,25). The number of carbonyl (C=O) groups is 1. The second-order valence-corrected chi connectivity index (χ2v) is 6.92. The Kier molecular flexibility index (Phi) is 5.27. The SMILES string of the molecule is O=C(Nc1ccc(Nc2ccccc2N2CCOCC2)nn1)c1cccs1. The molecule has 7 nitrogen and oxygen atoms in total. The fourth-order valence-electron chi connectivity index (χ4n) is 2.85. The van der Waals surface area contributed by atoms with Gasteiger partial charge in [-0.15, -0.1) is 21.5 Å². The average molecular weight is 381 g/mol. The number of thiophene rings is 1. The smallest absolute Gasteiger partial charge is 0.266 e. The Hall–Kier alpha value is -2.97. The number of nitrogens with zero attached hydrogens (tertiary/aromatic N) is 3. The van der Waals surface area contributed by atoms with Gasteiger partial charge in [0.1, 0.15) is 0 Å². The van der Waals surface area contributed by atoms with Crippen molar-refractivity contribution in [3.8, 4) is 0 Å². The number of para-hydroxylation sites is 2. The highest BCUT2D eigenvalue weighted by Crippen LogP contribution is 2.28. The van der Waals surface area contributed by atoms with Gasteiger partial charge in [0.15, 0.2) is 11.6 Å². The van der Waals surface area contributed by atoms with Crippen LogP contribution >= 0.6 is 11.3 Å². The van der Waals surface area contributed by atoms with Gasteiger partial charge in [-0.25, -0.2) is 0 Å². The number of carbonyl (C=O) groups excluding carboxylic acids is 1. The van der Waals surface area contributed by atoms with Crippen LogP contribution in [-0.2, 0) is 4.74 Å². The number of hydrogen-bond acceptors (Lipinski definition) is 7. The minimum Gasteiger partial charge on any atom is -0.378 e. The van der Waals surface area contributed by atoms with Crippen LogP contribution in [0.25, 0.3) is 0 Å². The van der Waals surface area contributed by atoms with E-state index in [9.17, 15) is 4.79 Å². The lowest BCUT2D eigenvalue weighted by atomic mass is 10.2. The molecule has 1 aliphatic heterocycles. The third kappa shape index (κ3) is 4.24. The normalized spacial score (nSPS) is 14.0. The molecule has 0 atom stereocenters. The van der Waals surface area contributed by atoms with Crippen molar-refractivity contribution in [3.63, 3.8) is 0 Å². The molecule has 0 unspecified atom stereocenters. The molecule has 0 radical (unpaired) electrons. The number of hydrogen-bond donors (Lipinski definition) is 2. The predicted octanol–water partition coefficient (Wildman–Crippen LogP) is 3.37. The van der Waals surface area contributed by atoms with Crippen molar-refractivity contribution in [2.24, 2.45) is 0 Å². The first kappa shape index (κ1) is 17.4. The number of aromatic nitrogens is 2. The molecule has 1 saturated heterocycles. The third-order valence-corrected chi connectivity index (χ3v) is 5.04. The van der Waals surface area contributed by atoms with E-state index in [0.29, 0.717) is 16.5 Å². The fourth-order valence-corrected chi connectivity index (χ4v) is 3.47. The van der Waals surface area contributed by atoms with E-state index in [-0.39, 0.29) is 5.91 Å². The van der Waals surface area contributed by atoms with E-state index in [1.807, 2.05) is 29.6 Å². The monoisotopic (exact) mass is 381 g/mol. The van der Waals surface area contributed by atoms with Crippen LogP contribution < -0.4 is 15.5 Å². The molecule has 0 saturated carbocycles. The van der Waals surface area contributed by atoms with Crippen molar-refractivity contribution in [1.82, 2.24) is 10.2 Å². The summed E-state index contributed by atoms with van der Waals surface area (Å²) in [6.07, 6.45) is 0. The van der Waals surface area contributed by atoms with Gasteiger partial charge < -0.3 is 20.3 Å². The van der Waals surface area contributed by atoms with E-state index >= 15 is 0 Å². The van der Waals surface area contributed by atoms with Crippen LogP contribution in [0.2, 0.25) is 0 Å². The summed E-state index contributed by atoms with van der Waals surface area (Å²) in [5.74, 6) is 0.850. The molecule has 8 heteroatoms. The average Bonchev–Trinajstić information content (AvgIpc) is 3.26. The minimum absolute atomic E-state index is 0.183. The number of ether oxygens (including phenoxy) is 1. The summed E-state index contributed by atoms with van der Waals surface area (Å²) in [6, 6.07) is 15.2. The Bertz CT molecular complexity index is 893. The maximum atomic E-state index is 12.1. The number of anilines is 4. The number of amides is 1. The Morgan fingerprint density at radius 1 is 1.00 bits per heavy atom. The Morgan fingerprint density at radius 2 is 1.78 bits per heavy atom. The number of nitrogens with one attached hydrogen (secondary N) is 2. The Morgan fingerprint density at radius 3 is 2.52 bits per heavy atom. The van der Waals surface area contributed by atoms with Gasteiger partial charge in [0.25, 0.3) is 5.91 Å². The molecule has 0 bridgehead atoms. The molecule has 27 heavy (non-hydrogen) atoms. The van der Waals surface area contributed by atoms with Gasteiger partial charge in [-0.1, -0.05) is 18.2 Å². The van der Waals surface area contributed by atoms with Gasteiger partial charge in [0.2, 0.25) is 0 Å². The number of benzene rings is 1. The van der Waals surface area contributed by atoms with Crippen LogP contribution in [0.5, 0.6) is 0 Å². The van der Waals surface area contributed by atoms with Crippen LogP contribution in [0.4, 0.5) is 23.0 Å². The fraction of sp³-hybridized carbons (Fsp3) is 0.211. The van der Waals surface area contributed by atoms with Crippen molar-refractivity contribution in [2.75, 3.05) is 41.8 Å². The molecule has 1 aliphatic rings. The van der Waals surface area contributed by atoms with E-state index < -0.39 is 0 Å². The topological polar surface area (TPSA) is 79.4 Å². The molecule has 1 aromatic carbocycles. The molecule has 0 aliphatic carbocycles. The van der Waals surface area contributed by atoms with Crippen LogP contribution in [0.15, 0.2) is 53.9 Å². The van der Waals surface area contributed by atoms with E-state index in [0.717, 1.165) is 37.7 Å². The van der Waals surface area contributed by atoms with Crippen LogP contribution in [-0.4, -0.2) is 42.4 Å². The maximum Gasteiger partial charge on any atom is 0.266 e. The summed E-state index contributed by atoms with van der Waals surface area (Å²) in [5.41, 5.74) is 2.07. The van der Waals surface area contributed by atoms with E-state index in [1.165, 1.54) is 11.3 Å². The minimum atomic E-state index is -0.183. The van der Waals surface area contributed by atoms with Gasteiger partial charge in [-0.3, -0.25) is 4.79 Å². The first-order valence-electron chi connectivity index (χ1n) is 8.67. The predicted molar refractivity (Wildman–Crippen MR) is 107 cm³/mol. The number of morpholine rings is 1. The van der Waals surface area contributed by atoms with Crippen LogP contribution in [0, 0.1) is 0 Å². The van der Waals surface area contributed by atoms with E-state index in [4.69, 9.17) is 4.74 Å². The molecule has 4 rings (SSSR count). The zero-order valence-electron chi connectivity index (χ0n) is 14.6. The second kappa shape index (κ2) is 8.15. The van der Waals surface area contributed by atoms with Gasteiger partial charge in [0, 0.05) is 13.1 Å². The lowest BCUT2D eigenvalue weighted by molar-refractivity contribution is 0.103. The van der Waals surface area contributed by atoms with Gasteiger partial charge in [-0.2, -0.15) is 0 Å². The molecule has 3 aromatic rings. The molecule has 1 amide bonds. The summed E-state index contributed by atoms with van der Waals surface area (Å²) in [5, 5.41) is 16.2. The molecule has 2 aromatic heterocycles. The summed E-state index contributed by atoms with van der Waals surface area (Å²) in [7, 11) is 0. The molecule has 3 heterocycles. The van der Waals surface area contributed by atoms with Crippen LogP contribution in [0.1, 0.15) is 9.67 Å². The first-order valence-corrected chi connectivity index (χ1v) is 9.55. The quantitative estimate of drug-likeness (QED) is 0.705. The molecule has 0 spiro atoms. The summed E-state index contributed by atoms with van der Waals surface area (Å²) < 4.78 is 5.43. The highest BCUT2D eigenvalue weighted by Gasteiger charge is 2.15. The van der Waals surface area contributed by atoms with Gasteiger partial charge in [-0.05, 0) is 35.7 Å². The lowest BCUT2D eigenvalue weighted by Gasteiger charge is -2.30. The third-order valence-electron chi connectivity index (χ3n) is 4.17. The highest BCUT2D eigenvalue weighted by molar-refractivity contribution is 7.12. The van der Waals surface area contributed by atoms with E-state index in [1.54, 1.807) is 18.2 Å². The van der Waals surface area contributed by atoms with Crippen LogP contribution in [0.3, 0.4) is 0 Å². The lowest BCUT2D eigenvalue weighted by Crippen LogP contribution is -2.36. The van der Waals surface area contributed by atoms with Crippen molar-refractivity contribution in [1.29, 1.82) is 0 Å². The van der Waals surface area contributed by atoms with Gasteiger partial charge >= 0.3 is 0 Å². The van der Waals surface area contributed by atoms with Gasteiger partial charge in [0.05, 0.1) is 29.5 Å².